The van der Waals surface area contributed by atoms with Crippen LogP contribution in [0, 0.1) is 11.3 Å². The number of nitriles is 1. The molecule has 106 valence electrons. The number of nitrogens with zero attached hydrogens (tertiary/aromatic N) is 3. The molecule has 19 heavy (non-hydrogen) atoms. The number of carbonyl (C=O) groups excluding carboxylic acids is 1. The Labute approximate surface area is 115 Å². The first-order valence-corrected chi connectivity index (χ1v) is 6.82. The van der Waals surface area contributed by atoms with Crippen LogP contribution < -0.4 is 0 Å². The molecule has 5 heteroatoms. The first-order chi connectivity index (χ1) is 9.01. The molecule has 1 saturated heterocycles. The molecule has 0 radical (unpaired) electrons. The third-order valence-electron chi connectivity index (χ3n) is 3.18. The van der Waals surface area contributed by atoms with Gasteiger partial charge in [0.2, 0.25) is 0 Å². The normalized spacial score (nSPS) is 23.9. The lowest BCUT2D eigenvalue weighted by Gasteiger charge is -2.35. The summed E-state index contributed by atoms with van der Waals surface area (Å²) in [4.78, 5) is 16.0. The van der Waals surface area contributed by atoms with Crippen molar-refractivity contribution in [2.75, 3.05) is 26.2 Å². The molecule has 1 aliphatic rings. The minimum absolute atomic E-state index is 0.0149. The van der Waals surface area contributed by atoms with Gasteiger partial charge in [-0.1, -0.05) is 0 Å². The summed E-state index contributed by atoms with van der Waals surface area (Å²) in [5.74, 6) is -0.198. The predicted octanol–water partition coefficient (Wildman–Crippen LogP) is 1.37. The average molecular weight is 265 g/mol. The maximum Gasteiger partial charge on any atom is 0.266 e. The van der Waals surface area contributed by atoms with Gasteiger partial charge in [-0.2, -0.15) is 5.26 Å². The summed E-state index contributed by atoms with van der Waals surface area (Å²) in [7, 11) is 0. The van der Waals surface area contributed by atoms with Crippen LogP contribution in [0.25, 0.3) is 0 Å². The van der Waals surface area contributed by atoms with E-state index in [2.05, 4.69) is 0 Å². The van der Waals surface area contributed by atoms with Crippen molar-refractivity contribution >= 4 is 5.91 Å². The van der Waals surface area contributed by atoms with Crippen LogP contribution in [0.2, 0.25) is 0 Å². The fraction of sp³-hybridized carbons (Fsp3) is 0.714. The molecule has 1 amide bonds. The monoisotopic (exact) mass is 265 g/mol. The van der Waals surface area contributed by atoms with Gasteiger partial charge >= 0.3 is 0 Å². The lowest BCUT2D eigenvalue weighted by Crippen LogP contribution is -2.48. The molecule has 1 heterocycles. The van der Waals surface area contributed by atoms with E-state index < -0.39 is 0 Å². The summed E-state index contributed by atoms with van der Waals surface area (Å²) < 4.78 is 5.60. The van der Waals surface area contributed by atoms with E-state index in [1.807, 2.05) is 38.7 Å². The first-order valence-electron chi connectivity index (χ1n) is 6.82. The summed E-state index contributed by atoms with van der Waals surface area (Å²) in [5, 5.41) is 9.18. The van der Waals surface area contributed by atoms with Crippen LogP contribution in [0.1, 0.15) is 27.7 Å². The second-order valence-electron chi connectivity index (χ2n) is 4.84. The largest absolute Gasteiger partial charge is 0.377 e. The van der Waals surface area contributed by atoms with Crippen LogP contribution in [-0.2, 0) is 9.53 Å². The Morgan fingerprint density at radius 1 is 1.37 bits per heavy atom. The van der Waals surface area contributed by atoms with Gasteiger partial charge in [-0.05, 0) is 27.7 Å². The van der Waals surface area contributed by atoms with Gasteiger partial charge in [0.1, 0.15) is 11.6 Å². The first kappa shape index (κ1) is 15.5. The minimum atomic E-state index is -0.198. The molecule has 2 atom stereocenters. The van der Waals surface area contributed by atoms with Gasteiger partial charge in [0.15, 0.2) is 0 Å². The fourth-order valence-corrected chi connectivity index (χ4v) is 2.23. The SMILES string of the molecule is CCN(/C=C(/C#N)C(=O)N1CC(C)OC(C)C1)CC. The summed E-state index contributed by atoms with van der Waals surface area (Å²) in [6, 6.07) is 2.02. The lowest BCUT2D eigenvalue weighted by atomic mass is 10.2. The molecule has 1 rings (SSSR count). The molecule has 0 aliphatic carbocycles. The minimum Gasteiger partial charge on any atom is -0.377 e. The van der Waals surface area contributed by atoms with Crippen molar-refractivity contribution in [2.45, 2.75) is 39.9 Å². The molecule has 1 fully saturated rings. The Bertz CT molecular complexity index is 373. The number of hydrogen-bond acceptors (Lipinski definition) is 4. The molecule has 0 saturated carbocycles. The third-order valence-corrected chi connectivity index (χ3v) is 3.18. The molecule has 0 aromatic carbocycles. The van der Waals surface area contributed by atoms with E-state index in [9.17, 15) is 10.1 Å². The molecule has 5 nitrogen and oxygen atoms in total. The molecular formula is C14H23N3O2. The van der Waals surface area contributed by atoms with Gasteiger partial charge in [-0.15, -0.1) is 0 Å². The van der Waals surface area contributed by atoms with Crippen LogP contribution in [0.5, 0.6) is 0 Å². The van der Waals surface area contributed by atoms with Crippen LogP contribution in [0.3, 0.4) is 0 Å². The number of morpholine rings is 1. The van der Waals surface area contributed by atoms with Gasteiger partial charge in [0.25, 0.3) is 5.91 Å². The molecule has 2 unspecified atom stereocenters. The van der Waals surface area contributed by atoms with Gasteiger partial charge in [0.05, 0.1) is 12.2 Å². The second-order valence-corrected chi connectivity index (χ2v) is 4.84. The van der Waals surface area contributed by atoms with Crippen LogP contribution in [0.15, 0.2) is 11.8 Å². The summed E-state index contributed by atoms with van der Waals surface area (Å²) >= 11 is 0. The Morgan fingerprint density at radius 3 is 2.32 bits per heavy atom. The van der Waals surface area contributed by atoms with Crippen LogP contribution in [-0.4, -0.2) is 54.1 Å². The zero-order valence-corrected chi connectivity index (χ0v) is 12.2. The van der Waals surface area contributed by atoms with Crippen molar-refractivity contribution < 1.29 is 9.53 Å². The standard InChI is InChI=1S/C14H23N3O2/c1-5-16(6-2)10-13(7-15)14(18)17-8-11(3)19-12(4)9-17/h10-12H,5-6,8-9H2,1-4H3/b13-10-. The quantitative estimate of drug-likeness (QED) is 0.569. The van der Waals surface area contributed by atoms with Crippen LogP contribution >= 0.6 is 0 Å². The highest BCUT2D eigenvalue weighted by atomic mass is 16.5. The molecule has 0 aromatic rings. The van der Waals surface area contributed by atoms with E-state index >= 15 is 0 Å². The van der Waals surface area contributed by atoms with Crippen LogP contribution in [0.4, 0.5) is 0 Å². The van der Waals surface area contributed by atoms with Crippen molar-refractivity contribution in [3.63, 3.8) is 0 Å². The van der Waals surface area contributed by atoms with Crippen molar-refractivity contribution in [3.8, 4) is 6.07 Å². The van der Waals surface area contributed by atoms with E-state index in [0.717, 1.165) is 13.1 Å². The van der Waals surface area contributed by atoms with E-state index in [1.165, 1.54) is 0 Å². The van der Waals surface area contributed by atoms with Gasteiger partial charge in [-0.25, -0.2) is 0 Å². The van der Waals surface area contributed by atoms with Crippen molar-refractivity contribution in [1.29, 1.82) is 5.26 Å². The van der Waals surface area contributed by atoms with Crippen molar-refractivity contribution in [3.05, 3.63) is 11.8 Å². The zero-order valence-electron chi connectivity index (χ0n) is 12.2. The summed E-state index contributed by atoms with van der Waals surface area (Å²) in [6.45, 7) is 10.5. The zero-order chi connectivity index (χ0) is 14.4. The molecule has 1 aliphatic heterocycles. The number of rotatable bonds is 4. The highest BCUT2D eigenvalue weighted by molar-refractivity contribution is 5.97. The number of amides is 1. The Kier molecular flexibility index (Phi) is 5.84. The number of carbonyl (C=O) groups is 1. The maximum atomic E-state index is 12.3. The molecule has 0 spiro atoms. The van der Waals surface area contributed by atoms with Gasteiger partial charge in [-0.3, -0.25) is 4.79 Å². The van der Waals surface area contributed by atoms with Gasteiger partial charge < -0.3 is 14.5 Å². The lowest BCUT2D eigenvalue weighted by molar-refractivity contribution is -0.138. The van der Waals surface area contributed by atoms with Gasteiger partial charge in [0, 0.05) is 32.4 Å². The van der Waals surface area contributed by atoms with Crippen molar-refractivity contribution in [2.24, 2.45) is 0 Å². The molecule has 0 N–H and O–H groups in total. The molecule has 0 aromatic heterocycles. The maximum absolute atomic E-state index is 12.3. The Morgan fingerprint density at radius 2 is 1.89 bits per heavy atom. The topological polar surface area (TPSA) is 56.6 Å². The Balaban J connectivity index is 2.81. The predicted molar refractivity (Wildman–Crippen MR) is 73.2 cm³/mol. The average Bonchev–Trinajstić information content (AvgIpc) is 2.38. The third kappa shape index (κ3) is 4.25. The smallest absolute Gasteiger partial charge is 0.266 e. The summed E-state index contributed by atoms with van der Waals surface area (Å²) in [6.07, 6.45) is 1.69. The van der Waals surface area contributed by atoms with E-state index in [4.69, 9.17) is 4.74 Å². The highest BCUT2D eigenvalue weighted by Crippen LogP contribution is 2.13. The highest BCUT2D eigenvalue weighted by Gasteiger charge is 2.27. The number of hydrogen-bond donors (Lipinski definition) is 0. The fourth-order valence-electron chi connectivity index (χ4n) is 2.23. The van der Waals surface area contributed by atoms with E-state index in [1.54, 1.807) is 11.1 Å². The van der Waals surface area contributed by atoms with E-state index in [-0.39, 0.29) is 23.7 Å². The second kappa shape index (κ2) is 7.15. The summed E-state index contributed by atoms with van der Waals surface area (Å²) in [5.41, 5.74) is 0.199. The van der Waals surface area contributed by atoms with E-state index in [0.29, 0.717) is 13.1 Å². The van der Waals surface area contributed by atoms with Crippen molar-refractivity contribution in [1.82, 2.24) is 9.80 Å². The molecule has 0 bridgehead atoms. The Hall–Kier alpha value is -1.54. The molecular weight excluding hydrogens is 242 g/mol. The number of ether oxygens (including phenoxy) is 1.